The summed E-state index contributed by atoms with van der Waals surface area (Å²) in [5.41, 5.74) is 6.05. The van der Waals surface area contributed by atoms with E-state index in [-0.39, 0.29) is 29.9 Å². The Morgan fingerprint density at radius 1 is 1.27 bits per heavy atom. The molecule has 0 saturated heterocycles. The lowest BCUT2D eigenvalue weighted by atomic mass is 10.1. The third kappa shape index (κ3) is 5.44. The van der Waals surface area contributed by atoms with Gasteiger partial charge in [0.15, 0.2) is 0 Å². The highest BCUT2D eigenvalue weighted by atomic mass is 19.1. The van der Waals surface area contributed by atoms with Crippen molar-refractivity contribution in [2.24, 2.45) is 0 Å². The first kappa shape index (κ1) is 20.9. The molecule has 0 aliphatic heterocycles. The van der Waals surface area contributed by atoms with Gasteiger partial charge < -0.3 is 15.8 Å². The number of nitrogens with zero attached hydrogens (tertiary/aromatic N) is 1. The average molecular weight is 363 g/mol. The van der Waals surface area contributed by atoms with Crippen molar-refractivity contribution in [2.75, 3.05) is 19.4 Å². The number of hydrogen-bond acceptors (Lipinski definition) is 5. The molecular formula is C18H22FN3O4. The molecule has 0 bridgehead atoms. The van der Waals surface area contributed by atoms with Gasteiger partial charge in [0.25, 0.3) is 11.6 Å². The lowest BCUT2D eigenvalue weighted by Gasteiger charge is -2.09. The van der Waals surface area contributed by atoms with Gasteiger partial charge in [-0.15, -0.1) is 0 Å². The third-order valence-corrected chi connectivity index (χ3v) is 3.43. The first-order valence-corrected chi connectivity index (χ1v) is 8.07. The fraction of sp³-hybridized carbons (Fsp3) is 0.278. The van der Waals surface area contributed by atoms with Crippen molar-refractivity contribution in [1.29, 1.82) is 0 Å². The molecule has 1 amide bonds. The summed E-state index contributed by atoms with van der Waals surface area (Å²) in [6.07, 6.45) is 0.286. The molecule has 2 aromatic carbocycles. The number of hydrogen-bond donors (Lipinski definition) is 2. The summed E-state index contributed by atoms with van der Waals surface area (Å²) in [7, 11) is 1.45. The molecule has 0 heterocycles. The molecule has 3 N–H and O–H groups in total. The number of nitro groups is 1. The zero-order valence-electron chi connectivity index (χ0n) is 14.9. The van der Waals surface area contributed by atoms with E-state index in [1.165, 1.54) is 25.3 Å². The maximum absolute atomic E-state index is 13.8. The molecule has 2 rings (SSSR count). The van der Waals surface area contributed by atoms with Crippen molar-refractivity contribution < 1.29 is 18.8 Å². The van der Waals surface area contributed by atoms with Crippen LogP contribution in [-0.2, 0) is 6.42 Å². The van der Waals surface area contributed by atoms with E-state index in [1.807, 2.05) is 13.8 Å². The number of nitrogens with one attached hydrogen (secondary N) is 1. The van der Waals surface area contributed by atoms with Crippen LogP contribution in [0, 0.1) is 15.9 Å². The van der Waals surface area contributed by atoms with E-state index in [1.54, 1.807) is 12.1 Å². The summed E-state index contributed by atoms with van der Waals surface area (Å²) in [6, 6.07) is 8.10. The molecule has 8 heteroatoms. The fourth-order valence-electron chi connectivity index (χ4n) is 2.13. The second-order valence-electron chi connectivity index (χ2n) is 4.99. The maximum Gasteiger partial charge on any atom is 0.271 e. The third-order valence-electron chi connectivity index (χ3n) is 3.43. The van der Waals surface area contributed by atoms with Crippen LogP contribution in [-0.4, -0.2) is 24.5 Å². The smallest absolute Gasteiger partial charge is 0.271 e. The summed E-state index contributed by atoms with van der Waals surface area (Å²) in [6.45, 7) is 4.19. The summed E-state index contributed by atoms with van der Waals surface area (Å²) < 4.78 is 18.7. The van der Waals surface area contributed by atoms with Gasteiger partial charge in [-0.25, -0.2) is 4.39 Å². The van der Waals surface area contributed by atoms with Gasteiger partial charge in [-0.2, -0.15) is 0 Å². The average Bonchev–Trinajstić information content (AvgIpc) is 2.64. The molecule has 0 unspecified atom stereocenters. The number of amides is 1. The van der Waals surface area contributed by atoms with Crippen molar-refractivity contribution in [2.45, 2.75) is 20.3 Å². The van der Waals surface area contributed by atoms with Crippen molar-refractivity contribution in [3.05, 3.63) is 63.5 Å². The number of halogens is 1. The van der Waals surface area contributed by atoms with Gasteiger partial charge in [0, 0.05) is 24.7 Å². The van der Waals surface area contributed by atoms with Crippen LogP contribution in [0.15, 0.2) is 36.4 Å². The lowest BCUT2D eigenvalue weighted by molar-refractivity contribution is -0.384. The fourth-order valence-corrected chi connectivity index (χ4v) is 2.13. The van der Waals surface area contributed by atoms with Crippen molar-refractivity contribution in [3.8, 4) is 5.75 Å². The topological polar surface area (TPSA) is 107 Å². The van der Waals surface area contributed by atoms with Crippen molar-refractivity contribution >= 4 is 17.3 Å². The molecule has 140 valence electrons. The zero-order valence-corrected chi connectivity index (χ0v) is 14.9. The summed E-state index contributed by atoms with van der Waals surface area (Å²) >= 11 is 0. The SMILES string of the molecule is CC.COc1ccc(CCNC(=O)c2ccc([N+](=O)[O-])cc2N)c(F)c1. The molecule has 0 radical (unpaired) electrons. The number of carbonyl (C=O) groups excluding carboxylic acids is 1. The molecular weight excluding hydrogens is 341 g/mol. The molecule has 0 aliphatic carbocycles. The van der Waals surface area contributed by atoms with Crippen LogP contribution in [0.5, 0.6) is 5.75 Å². The number of anilines is 1. The van der Waals surface area contributed by atoms with Crippen LogP contribution >= 0.6 is 0 Å². The Balaban J connectivity index is 0.00000163. The van der Waals surface area contributed by atoms with Gasteiger partial charge >= 0.3 is 0 Å². The standard InChI is InChI=1S/C16H16FN3O4.C2H6/c1-24-12-4-2-10(14(17)9-12)6-7-19-16(21)13-5-3-11(20(22)23)8-15(13)18;1-2/h2-5,8-9H,6-7,18H2,1H3,(H,19,21);1-2H3. The minimum Gasteiger partial charge on any atom is -0.497 e. The number of ether oxygens (including phenoxy) is 1. The van der Waals surface area contributed by atoms with E-state index in [4.69, 9.17) is 10.5 Å². The molecule has 0 aliphatic rings. The molecule has 0 saturated carbocycles. The van der Waals surface area contributed by atoms with E-state index >= 15 is 0 Å². The van der Waals surface area contributed by atoms with Crippen LogP contribution in [0.3, 0.4) is 0 Å². The summed E-state index contributed by atoms with van der Waals surface area (Å²) in [4.78, 5) is 22.1. The number of benzene rings is 2. The minimum absolute atomic E-state index is 0.0114. The Labute approximate surface area is 151 Å². The number of carbonyl (C=O) groups is 1. The van der Waals surface area contributed by atoms with E-state index in [2.05, 4.69) is 5.32 Å². The Hall–Kier alpha value is -3.16. The number of nitrogen functional groups attached to an aromatic ring is 1. The van der Waals surface area contributed by atoms with Gasteiger partial charge in [0.05, 0.1) is 23.3 Å². The zero-order chi connectivity index (χ0) is 19.7. The van der Waals surface area contributed by atoms with Crippen LogP contribution in [0.25, 0.3) is 0 Å². The van der Waals surface area contributed by atoms with Gasteiger partial charge in [0.2, 0.25) is 0 Å². The number of non-ortho nitro benzene ring substituents is 1. The maximum atomic E-state index is 13.8. The quantitative estimate of drug-likeness (QED) is 0.465. The lowest BCUT2D eigenvalue weighted by Crippen LogP contribution is -2.26. The van der Waals surface area contributed by atoms with E-state index in [9.17, 15) is 19.3 Å². The first-order valence-electron chi connectivity index (χ1n) is 8.07. The van der Waals surface area contributed by atoms with Crippen LogP contribution in [0.1, 0.15) is 29.8 Å². The predicted molar refractivity (Wildman–Crippen MR) is 97.8 cm³/mol. The van der Waals surface area contributed by atoms with Gasteiger partial charge in [-0.05, 0) is 24.1 Å². The molecule has 7 nitrogen and oxygen atoms in total. The van der Waals surface area contributed by atoms with Gasteiger partial charge in [0.1, 0.15) is 11.6 Å². The van der Waals surface area contributed by atoms with Crippen LogP contribution < -0.4 is 15.8 Å². The summed E-state index contributed by atoms with van der Waals surface area (Å²) in [5, 5.41) is 13.3. The Bertz CT molecular complexity index is 781. The van der Waals surface area contributed by atoms with Crippen molar-refractivity contribution in [3.63, 3.8) is 0 Å². The Morgan fingerprint density at radius 2 is 1.96 bits per heavy atom. The number of methoxy groups -OCH3 is 1. The monoisotopic (exact) mass is 363 g/mol. The summed E-state index contributed by atoms with van der Waals surface area (Å²) in [5.74, 6) is -0.478. The molecule has 2 aromatic rings. The van der Waals surface area contributed by atoms with E-state index < -0.39 is 16.6 Å². The first-order chi connectivity index (χ1) is 12.4. The van der Waals surface area contributed by atoms with Gasteiger partial charge in [-0.3, -0.25) is 14.9 Å². The highest BCUT2D eigenvalue weighted by Crippen LogP contribution is 2.20. The molecule has 0 fully saturated rings. The van der Waals surface area contributed by atoms with E-state index in [0.29, 0.717) is 11.3 Å². The number of nitrogens with two attached hydrogens (primary N) is 1. The Kier molecular flexibility index (Phi) is 8.01. The second kappa shape index (κ2) is 9.97. The van der Waals surface area contributed by atoms with Gasteiger partial charge in [-0.1, -0.05) is 19.9 Å². The molecule has 0 atom stereocenters. The highest BCUT2D eigenvalue weighted by molar-refractivity contribution is 5.99. The molecule has 0 aromatic heterocycles. The largest absolute Gasteiger partial charge is 0.497 e. The normalized spacial score (nSPS) is 9.69. The Morgan fingerprint density at radius 3 is 2.50 bits per heavy atom. The minimum atomic E-state index is -0.593. The van der Waals surface area contributed by atoms with E-state index in [0.717, 1.165) is 6.07 Å². The highest BCUT2D eigenvalue weighted by Gasteiger charge is 2.14. The number of rotatable bonds is 6. The second-order valence-corrected chi connectivity index (χ2v) is 4.99. The predicted octanol–water partition coefficient (Wildman–Crippen LogP) is 3.32. The molecule has 26 heavy (non-hydrogen) atoms. The van der Waals surface area contributed by atoms with Crippen molar-refractivity contribution in [1.82, 2.24) is 5.32 Å². The van der Waals surface area contributed by atoms with Crippen LogP contribution in [0.4, 0.5) is 15.8 Å². The molecule has 0 spiro atoms. The number of nitro benzene ring substituents is 1. The van der Waals surface area contributed by atoms with Crippen LogP contribution in [0.2, 0.25) is 0 Å².